The molecule has 20 heavy (non-hydrogen) atoms. The largest absolute Gasteiger partial charge is 0.373 e. The summed E-state index contributed by atoms with van der Waals surface area (Å²) in [7, 11) is 1.69. The molecular formula is C14H13F2N3O. The van der Waals surface area contributed by atoms with E-state index in [1.165, 1.54) is 6.07 Å². The summed E-state index contributed by atoms with van der Waals surface area (Å²) in [5, 5.41) is 5.35. The number of nitrogens with zero attached hydrogens (tertiary/aromatic N) is 1. The molecule has 6 heteroatoms. The summed E-state index contributed by atoms with van der Waals surface area (Å²) in [6.45, 7) is -0.0313. The molecule has 0 bridgehead atoms. The zero-order valence-corrected chi connectivity index (χ0v) is 10.8. The SMILES string of the molecule is CNc1cccc(C(=O)NCc2ccc(F)cc2F)n1. The zero-order valence-electron chi connectivity index (χ0n) is 10.8. The molecule has 0 aliphatic carbocycles. The van der Waals surface area contributed by atoms with Crippen molar-refractivity contribution in [3.8, 4) is 0 Å². The molecule has 0 saturated carbocycles. The maximum Gasteiger partial charge on any atom is 0.270 e. The number of hydrogen-bond donors (Lipinski definition) is 2. The molecule has 1 heterocycles. The molecule has 0 atom stereocenters. The number of aromatic nitrogens is 1. The number of benzene rings is 1. The second kappa shape index (κ2) is 6.10. The number of rotatable bonds is 4. The highest BCUT2D eigenvalue weighted by Crippen LogP contribution is 2.09. The van der Waals surface area contributed by atoms with E-state index < -0.39 is 17.5 Å². The number of carbonyl (C=O) groups excluding carboxylic acids is 1. The molecule has 0 aliphatic heterocycles. The fourth-order valence-corrected chi connectivity index (χ4v) is 1.63. The number of hydrogen-bond acceptors (Lipinski definition) is 3. The van der Waals surface area contributed by atoms with Crippen LogP contribution in [0.15, 0.2) is 36.4 Å². The van der Waals surface area contributed by atoms with E-state index in [4.69, 9.17) is 0 Å². The van der Waals surface area contributed by atoms with Crippen molar-refractivity contribution in [2.75, 3.05) is 12.4 Å². The molecule has 0 saturated heterocycles. The smallest absolute Gasteiger partial charge is 0.270 e. The van der Waals surface area contributed by atoms with Crippen molar-refractivity contribution in [1.82, 2.24) is 10.3 Å². The van der Waals surface area contributed by atoms with Crippen molar-refractivity contribution in [3.63, 3.8) is 0 Å². The second-order valence-electron chi connectivity index (χ2n) is 4.08. The van der Waals surface area contributed by atoms with Crippen molar-refractivity contribution in [2.24, 2.45) is 0 Å². The van der Waals surface area contributed by atoms with Gasteiger partial charge in [-0.1, -0.05) is 12.1 Å². The van der Waals surface area contributed by atoms with Crippen LogP contribution in [0.1, 0.15) is 16.1 Å². The van der Waals surface area contributed by atoms with E-state index in [0.717, 1.165) is 12.1 Å². The Kier molecular flexibility index (Phi) is 4.24. The lowest BCUT2D eigenvalue weighted by molar-refractivity contribution is 0.0946. The van der Waals surface area contributed by atoms with Crippen LogP contribution in [0, 0.1) is 11.6 Å². The molecule has 1 aromatic carbocycles. The van der Waals surface area contributed by atoms with Gasteiger partial charge < -0.3 is 10.6 Å². The maximum absolute atomic E-state index is 13.4. The fourth-order valence-electron chi connectivity index (χ4n) is 1.63. The standard InChI is InChI=1S/C14H13F2N3O/c1-17-13-4-2-3-12(19-13)14(20)18-8-9-5-6-10(15)7-11(9)16/h2-7H,8H2,1H3,(H,17,19)(H,18,20). The quantitative estimate of drug-likeness (QED) is 0.902. The molecule has 0 radical (unpaired) electrons. The van der Waals surface area contributed by atoms with Gasteiger partial charge in [0.25, 0.3) is 5.91 Å². The minimum atomic E-state index is -0.692. The summed E-state index contributed by atoms with van der Waals surface area (Å²) in [5.74, 6) is -1.21. The average Bonchev–Trinajstić information content (AvgIpc) is 2.46. The molecule has 0 unspecified atom stereocenters. The van der Waals surface area contributed by atoms with Gasteiger partial charge in [-0.2, -0.15) is 0 Å². The van der Waals surface area contributed by atoms with Gasteiger partial charge >= 0.3 is 0 Å². The molecule has 0 fully saturated rings. The third-order valence-corrected chi connectivity index (χ3v) is 2.69. The lowest BCUT2D eigenvalue weighted by Crippen LogP contribution is -2.24. The molecule has 1 aromatic heterocycles. The highest BCUT2D eigenvalue weighted by Gasteiger charge is 2.09. The number of carbonyl (C=O) groups is 1. The highest BCUT2D eigenvalue weighted by atomic mass is 19.1. The Bertz CT molecular complexity index is 632. The lowest BCUT2D eigenvalue weighted by Gasteiger charge is -2.07. The van der Waals surface area contributed by atoms with E-state index in [9.17, 15) is 13.6 Å². The van der Waals surface area contributed by atoms with Crippen LogP contribution < -0.4 is 10.6 Å². The maximum atomic E-state index is 13.4. The summed E-state index contributed by atoms with van der Waals surface area (Å²) < 4.78 is 26.2. The third-order valence-electron chi connectivity index (χ3n) is 2.69. The Morgan fingerprint density at radius 2 is 2.05 bits per heavy atom. The zero-order chi connectivity index (χ0) is 14.5. The highest BCUT2D eigenvalue weighted by molar-refractivity contribution is 5.92. The summed E-state index contributed by atoms with van der Waals surface area (Å²) in [5.41, 5.74) is 0.434. The molecule has 2 aromatic rings. The Hall–Kier alpha value is -2.50. The molecule has 1 amide bonds. The van der Waals surface area contributed by atoms with E-state index in [1.807, 2.05) is 0 Å². The lowest BCUT2D eigenvalue weighted by atomic mass is 10.2. The van der Waals surface area contributed by atoms with Crippen molar-refractivity contribution in [1.29, 1.82) is 0 Å². The Morgan fingerprint density at radius 1 is 1.25 bits per heavy atom. The van der Waals surface area contributed by atoms with Crippen molar-refractivity contribution < 1.29 is 13.6 Å². The summed E-state index contributed by atoms with van der Waals surface area (Å²) in [6, 6.07) is 8.17. The first-order valence-corrected chi connectivity index (χ1v) is 5.97. The van der Waals surface area contributed by atoms with Crippen molar-refractivity contribution in [3.05, 3.63) is 59.3 Å². The van der Waals surface area contributed by atoms with Crippen LogP contribution in [0.3, 0.4) is 0 Å². The van der Waals surface area contributed by atoms with Gasteiger partial charge in [-0.15, -0.1) is 0 Å². The van der Waals surface area contributed by atoms with Crippen molar-refractivity contribution >= 4 is 11.7 Å². The second-order valence-corrected chi connectivity index (χ2v) is 4.08. The number of amides is 1. The number of nitrogens with one attached hydrogen (secondary N) is 2. The number of halogens is 2. The first-order valence-electron chi connectivity index (χ1n) is 5.97. The normalized spacial score (nSPS) is 10.2. The van der Waals surface area contributed by atoms with E-state index >= 15 is 0 Å². The van der Waals surface area contributed by atoms with Crippen LogP contribution in [0.2, 0.25) is 0 Å². The summed E-state index contributed by atoms with van der Waals surface area (Å²) in [6.07, 6.45) is 0. The van der Waals surface area contributed by atoms with E-state index in [-0.39, 0.29) is 17.8 Å². The van der Waals surface area contributed by atoms with Crippen LogP contribution in [0.5, 0.6) is 0 Å². The third kappa shape index (κ3) is 3.28. The van der Waals surface area contributed by atoms with Crippen LogP contribution >= 0.6 is 0 Å². The number of pyridine rings is 1. The molecule has 104 valence electrons. The van der Waals surface area contributed by atoms with Gasteiger partial charge in [0.15, 0.2) is 0 Å². The molecule has 2 rings (SSSR count). The predicted octanol–water partition coefficient (Wildman–Crippen LogP) is 2.33. The van der Waals surface area contributed by atoms with Crippen LogP contribution in [0.4, 0.5) is 14.6 Å². The summed E-state index contributed by atoms with van der Waals surface area (Å²) >= 11 is 0. The van der Waals surface area contributed by atoms with Gasteiger partial charge in [-0.05, 0) is 18.2 Å². The molecule has 0 aliphatic rings. The molecule has 4 nitrogen and oxygen atoms in total. The molecular weight excluding hydrogens is 264 g/mol. The van der Waals surface area contributed by atoms with Crippen LogP contribution in [0.25, 0.3) is 0 Å². The van der Waals surface area contributed by atoms with Crippen LogP contribution in [-0.2, 0) is 6.54 Å². The fraction of sp³-hybridized carbons (Fsp3) is 0.143. The molecule has 2 N–H and O–H groups in total. The van der Waals surface area contributed by atoms with Gasteiger partial charge in [0, 0.05) is 25.2 Å². The average molecular weight is 277 g/mol. The van der Waals surface area contributed by atoms with Gasteiger partial charge in [-0.25, -0.2) is 13.8 Å². The van der Waals surface area contributed by atoms with Gasteiger partial charge in [0.05, 0.1) is 0 Å². The minimum Gasteiger partial charge on any atom is -0.373 e. The first-order chi connectivity index (χ1) is 9.60. The number of anilines is 1. The van der Waals surface area contributed by atoms with Gasteiger partial charge in [0.1, 0.15) is 23.1 Å². The predicted molar refractivity (Wildman–Crippen MR) is 71.3 cm³/mol. The van der Waals surface area contributed by atoms with E-state index in [2.05, 4.69) is 15.6 Å². The van der Waals surface area contributed by atoms with Crippen molar-refractivity contribution in [2.45, 2.75) is 6.54 Å². The monoisotopic (exact) mass is 277 g/mol. The Balaban J connectivity index is 2.04. The van der Waals surface area contributed by atoms with Gasteiger partial charge in [0.2, 0.25) is 0 Å². The van der Waals surface area contributed by atoms with Crippen LogP contribution in [-0.4, -0.2) is 17.9 Å². The molecule has 0 spiro atoms. The summed E-state index contributed by atoms with van der Waals surface area (Å²) in [4.78, 5) is 15.9. The first kappa shape index (κ1) is 13.9. The van der Waals surface area contributed by atoms with E-state index in [1.54, 1.807) is 25.2 Å². The Labute approximate surface area is 114 Å². The Morgan fingerprint density at radius 3 is 2.75 bits per heavy atom. The van der Waals surface area contributed by atoms with Gasteiger partial charge in [-0.3, -0.25) is 4.79 Å². The minimum absolute atomic E-state index is 0.0313. The topological polar surface area (TPSA) is 54.0 Å². The van der Waals surface area contributed by atoms with E-state index in [0.29, 0.717) is 5.82 Å².